The molecule has 0 aromatic heterocycles. The molecule has 1 fully saturated rings. The topological polar surface area (TPSA) is 87.3 Å². The van der Waals surface area contributed by atoms with Crippen molar-refractivity contribution in [1.29, 1.82) is 0 Å². The second-order valence-electron chi connectivity index (χ2n) is 5.25. The Balaban J connectivity index is 1.93. The van der Waals surface area contributed by atoms with Crippen LogP contribution >= 0.6 is 0 Å². The van der Waals surface area contributed by atoms with Gasteiger partial charge in [0.15, 0.2) is 0 Å². The predicted octanol–water partition coefficient (Wildman–Crippen LogP) is 0.908. The molecule has 2 rings (SSSR count). The van der Waals surface area contributed by atoms with Crippen LogP contribution in [0.5, 0.6) is 0 Å². The summed E-state index contributed by atoms with van der Waals surface area (Å²) in [5.74, 6) is -0.643. The normalized spacial score (nSPS) is 18.5. The van der Waals surface area contributed by atoms with E-state index in [1.165, 1.54) is 11.1 Å². The number of aryl methyl sites for hydroxylation is 2. The van der Waals surface area contributed by atoms with Gasteiger partial charge in [-0.05, 0) is 37.0 Å². The monoisotopic (exact) mass is 289 g/mol. The number of carbonyl (C=O) groups is 3. The van der Waals surface area contributed by atoms with Gasteiger partial charge in [-0.25, -0.2) is 4.79 Å². The molecule has 0 spiro atoms. The lowest BCUT2D eigenvalue weighted by molar-refractivity contribution is -0.123. The number of nitrogens with one attached hydrogen (secondary N) is 3. The minimum absolute atomic E-state index is 0.153. The number of hydrogen-bond donors (Lipinski definition) is 3. The van der Waals surface area contributed by atoms with Crippen molar-refractivity contribution in [3.63, 3.8) is 0 Å². The molecule has 0 aliphatic carbocycles. The number of amides is 4. The molecule has 6 heteroatoms. The molecule has 4 amide bonds. The number of imide groups is 1. The minimum atomic E-state index is -0.678. The first-order chi connectivity index (χ1) is 9.95. The first-order valence-electron chi connectivity index (χ1n) is 6.90. The lowest BCUT2D eigenvalue weighted by atomic mass is 10.1. The first kappa shape index (κ1) is 15.0. The van der Waals surface area contributed by atoms with Gasteiger partial charge in [-0.15, -0.1) is 0 Å². The molecule has 1 aromatic carbocycles. The number of rotatable bonds is 3. The first-order valence-corrected chi connectivity index (χ1v) is 6.90. The molecule has 21 heavy (non-hydrogen) atoms. The highest BCUT2D eigenvalue weighted by Gasteiger charge is 2.25. The van der Waals surface area contributed by atoms with Crippen LogP contribution in [0.2, 0.25) is 0 Å². The molecule has 0 bridgehead atoms. The number of urea groups is 1. The van der Waals surface area contributed by atoms with Gasteiger partial charge in [0, 0.05) is 13.0 Å². The summed E-state index contributed by atoms with van der Waals surface area (Å²) >= 11 is 0. The van der Waals surface area contributed by atoms with Crippen molar-refractivity contribution >= 4 is 17.8 Å². The van der Waals surface area contributed by atoms with Gasteiger partial charge in [0.2, 0.25) is 11.8 Å². The quantitative estimate of drug-likeness (QED) is 0.773. The third-order valence-corrected chi connectivity index (χ3v) is 3.57. The molecule has 1 aliphatic heterocycles. The molecule has 0 unspecified atom stereocenters. The maximum atomic E-state index is 12.1. The van der Waals surface area contributed by atoms with Crippen molar-refractivity contribution in [1.82, 2.24) is 16.0 Å². The number of carbonyl (C=O) groups excluding carboxylic acids is 3. The predicted molar refractivity (Wildman–Crippen MR) is 77.5 cm³/mol. The van der Waals surface area contributed by atoms with Crippen LogP contribution in [0.25, 0.3) is 0 Å². The summed E-state index contributed by atoms with van der Waals surface area (Å²) in [6.07, 6.45) is 0.455. The van der Waals surface area contributed by atoms with Crippen LogP contribution in [-0.4, -0.2) is 23.9 Å². The fourth-order valence-corrected chi connectivity index (χ4v) is 2.15. The molecular weight excluding hydrogens is 270 g/mol. The molecule has 1 saturated heterocycles. The lowest BCUT2D eigenvalue weighted by Gasteiger charge is -2.15. The largest absolute Gasteiger partial charge is 0.350 e. The second-order valence-corrected chi connectivity index (χ2v) is 5.25. The molecule has 1 heterocycles. The molecule has 6 nitrogen and oxygen atoms in total. The zero-order valence-corrected chi connectivity index (χ0v) is 12.2. The Morgan fingerprint density at radius 3 is 2.76 bits per heavy atom. The van der Waals surface area contributed by atoms with Gasteiger partial charge in [0.05, 0.1) is 0 Å². The van der Waals surface area contributed by atoms with Crippen molar-refractivity contribution in [2.75, 3.05) is 0 Å². The zero-order chi connectivity index (χ0) is 15.4. The average Bonchev–Trinajstić information content (AvgIpc) is 2.60. The van der Waals surface area contributed by atoms with E-state index in [9.17, 15) is 14.4 Å². The summed E-state index contributed by atoms with van der Waals surface area (Å²) in [4.78, 5) is 34.6. The van der Waals surface area contributed by atoms with Gasteiger partial charge >= 0.3 is 6.03 Å². The van der Waals surface area contributed by atoms with Crippen LogP contribution in [0.3, 0.4) is 0 Å². The van der Waals surface area contributed by atoms with Crippen LogP contribution < -0.4 is 16.0 Å². The fourth-order valence-electron chi connectivity index (χ4n) is 2.15. The molecular formula is C15H19N3O3. The van der Waals surface area contributed by atoms with Crippen molar-refractivity contribution in [3.8, 4) is 0 Å². The number of hydrogen-bond acceptors (Lipinski definition) is 3. The Kier molecular flexibility index (Phi) is 4.57. The van der Waals surface area contributed by atoms with Gasteiger partial charge in [-0.3, -0.25) is 14.9 Å². The van der Waals surface area contributed by atoms with E-state index >= 15 is 0 Å². The highest BCUT2D eigenvalue weighted by atomic mass is 16.2. The summed E-state index contributed by atoms with van der Waals surface area (Å²) in [5.41, 5.74) is 3.37. The maximum Gasteiger partial charge on any atom is 0.322 e. The van der Waals surface area contributed by atoms with E-state index in [4.69, 9.17) is 0 Å². The van der Waals surface area contributed by atoms with Gasteiger partial charge in [0.25, 0.3) is 0 Å². The summed E-state index contributed by atoms with van der Waals surface area (Å²) in [6, 6.07) is 4.69. The summed E-state index contributed by atoms with van der Waals surface area (Å²) in [7, 11) is 0. The van der Waals surface area contributed by atoms with Gasteiger partial charge in [-0.2, -0.15) is 0 Å². The average molecular weight is 289 g/mol. The Morgan fingerprint density at radius 1 is 1.29 bits per heavy atom. The summed E-state index contributed by atoms with van der Waals surface area (Å²) < 4.78 is 0. The van der Waals surface area contributed by atoms with E-state index in [-0.39, 0.29) is 18.2 Å². The van der Waals surface area contributed by atoms with E-state index in [0.29, 0.717) is 13.0 Å². The van der Waals surface area contributed by atoms with Gasteiger partial charge in [0.1, 0.15) is 6.04 Å². The van der Waals surface area contributed by atoms with Crippen LogP contribution in [0.1, 0.15) is 29.5 Å². The number of benzene rings is 1. The SMILES string of the molecule is Cc1ccc(CNC(=O)[C@@H]2CCC(=O)NC(=O)N2)cc1C. The van der Waals surface area contributed by atoms with Crippen LogP contribution in [0, 0.1) is 13.8 Å². The van der Waals surface area contributed by atoms with Crippen molar-refractivity contribution in [2.45, 2.75) is 39.3 Å². The molecule has 1 aliphatic rings. The van der Waals surface area contributed by atoms with Gasteiger partial charge < -0.3 is 10.6 Å². The Labute approximate surface area is 123 Å². The van der Waals surface area contributed by atoms with Crippen molar-refractivity contribution in [2.24, 2.45) is 0 Å². The molecule has 0 radical (unpaired) electrons. The van der Waals surface area contributed by atoms with Crippen LogP contribution in [0.15, 0.2) is 18.2 Å². The maximum absolute atomic E-state index is 12.1. The van der Waals surface area contributed by atoms with Crippen LogP contribution in [-0.2, 0) is 16.1 Å². The van der Waals surface area contributed by atoms with E-state index in [1.807, 2.05) is 32.0 Å². The Bertz CT molecular complexity index is 584. The van der Waals surface area contributed by atoms with Gasteiger partial charge in [-0.1, -0.05) is 18.2 Å². The highest BCUT2D eigenvalue weighted by molar-refractivity contribution is 5.98. The summed E-state index contributed by atoms with van der Waals surface area (Å²) in [6.45, 7) is 4.44. The smallest absolute Gasteiger partial charge is 0.322 e. The molecule has 0 saturated carbocycles. The third kappa shape index (κ3) is 4.05. The summed E-state index contributed by atoms with van der Waals surface area (Å²) in [5, 5.41) is 7.41. The van der Waals surface area contributed by atoms with E-state index < -0.39 is 12.1 Å². The molecule has 112 valence electrons. The van der Waals surface area contributed by atoms with Crippen molar-refractivity contribution < 1.29 is 14.4 Å². The fraction of sp³-hybridized carbons (Fsp3) is 0.400. The minimum Gasteiger partial charge on any atom is -0.350 e. The van der Waals surface area contributed by atoms with Crippen LogP contribution in [0.4, 0.5) is 4.79 Å². The molecule has 3 N–H and O–H groups in total. The third-order valence-electron chi connectivity index (χ3n) is 3.57. The van der Waals surface area contributed by atoms with E-state index in [0.717, 1.165) is 5.56 Å². The van der Waals surface area contributed by atoms with E-state index in [1.54, 1.807) is 0 Å². The standard InChI is InChI=1S/C15H19N3O3/c1-9-3-4-11(7-10(9)2)8-16-14(20)12-5-6-13(19)18-15(21)17-12/h3-4,7,12H,5-6,8H2,1-2H3,(H,16,20)(H2,17,18,19,21)/t12-/m0/s1. The zero-order valence-electron chi connectivity index (χ0n) is 12.2. The highest BCUT2D eigenvalue weighted by Crippen LogP contribution is 2.10. The van der Waals surface area contributed by atoms with E-state index in [2.05, 4.69) is 16.0 Å². The molecule has 1 aromatic rings. The lowest BCUT2D eigenvalue weighted by Crippen LogP contribution is -2.48. The molecule has 1 atom stereocenters. The Morgan fingerprint density at radius 2 is 2.05 bits per heavy atom. The Hall–Kier alpha value is -2.37. The second kappa shape index (κ2) is 6.39. The van der Waals surface area contributed by atoms with Crippen molar-refractivity contribution in [3.05, 3.63) is 34.9 Å².